The fourth-order valence-electron chi connectivity index (χ4n) is 0. The molecule has 0 saturated heterocycles. The topological polar surface area (TPSA) is 20.2 Å². The molecule has 0 aromatic carbocycles. The molecule has 0 fully saturated rings. The largest absolute Gasteiger partial charge is 0.362 e. The minimum Gasteiger partial charge on any atom is -0.362 e. The zero-order chi connectivity index (χ0) is 19.2. The van der Waals surface area contributed by atoms with E-state index in [-0.39, 0.29) is 11.2 Å². The smallest absolute Gasteiger partial charge is 0.208 e. The molecule has 1 unspecified atom stereocenters. The SMILES string of the molecule is CC(C)(C)C(C)(C)F.CC(C)(C)C(C)(O)F.CC(C)=C(C)F.[Rf]. The molecule has 0 amide bonds. The minimum absolute atomic E-state index is 0. The van der Waals surface area contributed by atoms with E-state index in [2.05, 4.69) is 0 Å². The fourth-order valence-corrected chi connectivity index (χ4v) is 0. The molecular formula is C18H37F3ORf. The monoisotopic (exact) mass is 593 g/mol. The Bertz CT molecular complexity index is 271. The zero-order valence-electron chi connectivity index (χ0n) is 17.3. The molecule has 0 heterocycles. The third kappa shape index (κ3) is 16.7. The van der Waals surface area contributed by atoms with E-state index in [1.807, 2.05) is 20.8 Å². The van der Waals surface area contributed by atoms with Gasteiger partial charge < -0.3 is 5.11 Å². The number of hydrogen-bond donors (Lipinski definition) is 1. The van der Waals surface area contributed by atoms with E-state index in [0.29, 0.717) is 0 Å². The van der Waals surface area contributed by atoms with Crippen molar-refractivity contribution >= 4 is 0 Å². The van der Waals surface area contributed by atoms with Crippen LogP contribution in [-0.2, 0) is 0 Å². The van der Waals surface area contributed by atoms with Gasteiger partial charge in [0.1, 0.15) is 5.67 Å². The normalized spacial score (nSPS) is 14.1. The number of hydrogen-bond acceptors (Lipinski definition) is 1. The summed E-state index contributed by atoms with van der Waals surface area (Å²) in [6, 6.07) is 0. The Labute approximate surface area is 136 Å². The van der Waals surface area contributed by atoms with Crippen LogP contribution in [0.1, 0.15) is 83.1 Å². The summed E-state index contributed by atoms with van der Waals surface area (Å²) < 4.78 is 37.1. The maximum Gasteiger partial charge on any atom is 0.208 e. The van der Waals surface area contributed by atoms with Gasteiger partial charge in [0.25, 0.3) is 0 Å². The van der Waals surface area contributed by atoms with Crippen molar-refractivity contribution in [2.45, 2.75) is 94.6 Å². The molecule has 0 radical (unpaired) electrons. The van der Waals surface area contributed by atoms with Gasteiger partial charge in [0.15, 0.2) is 0 Å². The van der Waals surface area contributed by atoms with E-state index in [4.69, 9.17) is 5.11 Å². The van der Waals surface area contributed by atoms with Gasteiger partial charge in [-0.1, -0.05) is 41.5 Å². The summed E-state index contributed by atoms with van der Waals surface area (Å²) in [5, 5.41) is 8.69. The molecular weight excluding hydrogens is 556 g/mol. The number of rotatable bonds is 0. The Morgan fingerprint density at radius 3 is 0.826 bits per heavy atom. The summed E-state index contributed by atoms with van der Waals surface area (Å²) in [5.41, 5.74) is -1.21. The second kappa shape index (κ2) is 9.59. The first kappa shape index (κ1) is 29.5. The van der Waals surface area contributed by atoms with Gasteiger partial charge >= 0.3 is 0 Å². The standard InChI is InChI=1S/C7H15F.C6H13FO.C5H9F.Rf/c1-6(2,3)7(4,5)8;1-5(2,3)6(4,7)8;1-4(2)5(3)6;/h1-5H3;8H,1-4H3;1-3H3;. The van der Waals surface area contributed by atoms with Crippen molar-refractivity contribution in [3.05, 3.63) is 11.4 Å². The van der Waals surface area contributed by atoms with Crippen LogP contribution in [0.2, 0.25) is 0 Å². The third-order valence-electron chi connectivity index (χ3n) is 3.84. The Kier molecular flexibility index (Phi) is 12.3. The Balaban J connectivity index is -0.000000117. The molecule has 23 heavy (non-hydrogen) atoms. The van der Waals surface area contributed by atoms with Crippen LogP contribution in [0.5, 0.6) is 0 Å². The van der Waals surface area contributed by atoms with Gasteiger partial charge in [0.05, 0.1) is 5.83 Å². The van der Waals surface area contributed by atoms with Crippen LogP contribution >= 0.6 is 0 Å². The summed E-state index contributed by atoms with van der Waals surface area (Å²) in [6.07, 6.45) is 0. The van der Waals surface area contributed by atoms with Gasteiger partial charge in [0.2, 0.25) is 5.85 Å². The molecule has 0 saturated carbocycles. The van der Waals surface area contributed by atoms with Crippen molar-refractivity contribution in [1.29, 1.82) is 0 Å². The molecule has 1 atom stereocenters. The van der Waals surface area contributed by atoms with Crippen molar-refractivity contribution in [2.75, 3.05) is 0 Å². The molecule has 0 rings (SSSR count). The summed E-state index contributed by atoms with van der Waals surface area (Å²) in [6.45, 7) is 19.9. The van der Waals surface area contributed by atoms with Crippen LogP contribution in [0.3, 0.4) is 0 Å². The summed E-state index contributed by atoms with van der Waals surface area (Å²) in [7, 11) is 0. The van der Waals surface area contributed by atoms with Gasteiger partial charge in [-0.05, 0) is 52.5 Å². The average molecular weight is 593 g/mol. The van der Waals surface area contributed by atoms with Crippen LogP contribution in [0.15, 0.2) is 11.4 Å². The van der Waals surface area contributed by atoms with E-state index in [0.717, 1.165) is 12.5 Å². The van der Waals surface area contributed by atoms with Crippen molar-refractivity contribution in [3.8, 4) is 0 Å². The average Bonchev–Trinajstić information content (AvgIpc) is 2.12. The van der Waals surface area contributed by atoms with Crippen LogP contribution in [0.4, 0.5) is 13.2 Å². The van der Waals surface area contributed by atoms with Gasteiger partial charge in [-0.25, -0.2) is 13.2 Å². The molecule has 138 valence electrons. The predicted molar refractivity (Wildman–Crippen MR) is 91.0 cm³/mol. The first-order valence-corrected chi connectivity index (χ1v) is 7.54. The molecule has 1 N–H and O–H groups in total. The maximum absolute atomic E-state index is 12.9. The van der Waals surface area contributed by atoms with E-state index in [1.54, 1.807) is 48.5 Å². The van der Waals surface area contributed by atoms with Gasteiger partial charge in [-0.15, -0.1) is 0 Å². The fraction of sp³-hybridized carbons (Fsp3) is 0.889. The van der Waals surface area contributed by atoms with Crippen molar-refractivity contribution in [3.63, 3.8) is 0 Å². The molecule has 0 aliphatic rings. The Morgan fingerprint density at radius 2 is 0.826 bits per heavy atom. The molecule has 5 heteroatoms. The van der Waals surface area contributed by atoms with Crippen molar-refractivity contribution < 1.29 is 18.3 Å². The zero-order valence-corrected chi connectivity index (χ0v) is 23.7. The Morgan fingerprint density at radius 1 is 0.696 bits per heavy atom. The second-order valence-electron chi connectivity index (χ2n) is 8.46. The van der Waals surface area contributed by atoms with E-state index >= 15 is 0 Å². The van der Waals surface area contributed by atoms with Gasteiger partial charge in [0, 0.05) is 5.41 Å². The summed E-state index contributed by atoms with van der Waals surface area (Å²) in [5.74, 6) is -2.14. The van der Waals surface area contributed by atoms with Gasteiger partial charge in [-0.3, -0.25) is 0 Å². The number of aliphatic hydroxyl groups is 1. The van der Waals surface area contributed by atoms with E-state index < -0.39 is 16.9 Å². The first-order valence-electron chi connectivity index (χ1n) is 7.54. The Hall–Kier alpha value is -1.51. The maximum atomic E-state index is 12.9. The minimum atomic E-state index is -2.06. The van der Waals surface area contributed by atoms with Crippen LogP contribution in [0, 0.1) is 10.8 Å². The van der Waals surface area contributed by atoms with Crippen molar-refractivity contribution in [2.24, 2.45) is 10.8 Å². The predicted octanol–water partition coefficient (Wildman–Crippen LogP) is 6.76. The number of halogens is 3. The molecule has 0 spiro atoms. The second-order valence-corrected chi connectivity index (χ2v) is 8.46. The number of alkyl halides is 2. The molecule has 0 aliphatic carbocycles. The molecule has 0 bridgehead atoms. The first-order chi connectivity index (χ1) is 9.14. The van der Waals surface area contributed by atoms with E-state index in [1.165, 1.54) is 6.92 Å². The summed E-state index contributed by atoms with van der Waals surface area (Å²) >= 11 is 0. The molecule has 0 aliphatic heterocycles. The van der Waals surface area contributed by atoms with Crippen molar-refractivity contribution in [1.82, 2.24) is 0 Å². The summed E-state index contributed by atoms with van der Waals surface area (Å²) in [4.78, 5) is 0. The number of allylic oxidation sites excluding steroid dienone is 2. The van der Waals surface area contributed by atoms with E-state index in [9.17, 15) is 13.2 Å². The quantitative estimate of drug-likeness (QED) is 0.329. The third-order valence-corrected chi connectivity index (χ3v) is 3.84. The molecule has 0 aromatic rings. The van der Waals surface area contributed by atoms with Crippen LogP contribution < -0.4 is 0 Å². The van der Waals surface area contributed by atoms with Crippen LogP contribution in [0.25, 0.3) is 0 Å². The molecule has 0 aromatic heterocycles. The molecule has 1 nitrogen and oxygen atoms in total. The van der Waals surface area contributed by atoms with Gasteiger partial charge in [-0.2, -0.15) is 0 Å². The van der Waals surface area contributed by atoms with Crippen LogP contribution in [-0.4, -0.2) is 16.6 Å².